The molecule has 7 heteroatoms. The van der Waals surface area contributed by atoms with E-state index >= 15 is 0 Å². The number of nitrogens with zero attached hydrogens (tertiary/aromatic N) is 3. The van der Waals surface area contributed by atoms with Gasteiger partial charge in [0.2, 0.25) is 9.84 Å². The third kappa shape index (κ3) is 1.37. The quantitative estimate of drug-likeness (QED) is 0.648. The molecule has 0 aliphatic heterocycles. The molecule has 62 valence electrons. The highest BCUT2D eigenvalue weighted by molar-refractivity contribution is 7.91. The fourth-order valence-electron chi connectivity index (χ4n) is 0.484. The third-order valence-corrected chi connectivity index (χ3v) is 3.12. The summed E-state index contributed by atoms with van der Waals surface area (Å²) in [5.74, 6) is 0. The molecular weight excluding hydrogens is 168 g/mol. The zero-order valence-electron chi connectivity index (χ0n) is 6.14. The zero-order valence-corrected chi connectivity index (χ0v) is 6.96. The van der Waals surface area contributed by atoms with E-state index in [-0.39, 0.29) is 5.16 Å². The average molecular weight is 176 g/mol. The molecule has 0 amide bonds. The molecule has 0 atom stereocenters. The van der Waals surface area contributed by atoms with Crippen molar-refractivity contribution in [2.75, 3.05) is 0 Å². The van der Waals surface area contributed by atoms with Crippen molar-refractivity contribution < 1.29 is 8.42 Å². The van der Waals surface area contributed by atoms with Crippen molar-refractivity contribution in [3.63, 3.8) is 0 Å². The number of aromatic nitrogens is 4. The van der Waals surface area contributed by atoms with Gasteiger partial charge in [-0.25, -0.2) is 8.42 Å². The predicted molar refractivity (Wildman–Crippen MR) is 36.5 cm³/mol. The molecule has 0 unspecified atom stereocenters. The SMILES string of the molecule is CC(C)S(=O)(=O)c1nn[nH]n1. The molecule has 0 bridgehead atoms. The number of rotatable bonds is 2. The van der Waals surface area contributed by atoms with E-state index in [9.17, 15) is 8.42 Å². The summed E-state index contributed by atoms with van der Waals surface area (Å²) in [6.07, 6.45) is 0. The lowest BCUT2D eigenvalue weighted by Gasteiger charge is -1.99. The first-order chi connectivity index (χ1) is 5.05. The molecule has 0 radical (unpaired) electrons. The maximum Gasteiger partial charge on any atom is 0.288 e. The number of hydrogen-bond donors (Lipinski definition) is 1. The molecule has 0 aliphatic rings. The summed E-state index contributed by atoms with van der Waals surface area (Å²) >= 11 is 0. The second-order valence-electron chi connectivity index (χ2n) is 2.29. The van der Waals surface area contributed by atoms with E-state index in [0.717, 1.165) is 0 Å². The lowest BCUT2D eigenvalue weighted by atomic mass is 10.6. The molecule has 6 nitrogen and oxygen atoms in total. The monoisotopic (exact) mass is 176 g/mol. The van der Waals surface area contributed by atoms with Crippen LogP contribution in [0.4, 0.5) is 0 Å². The van der Waals surface area contributed by atoms with Gasteiger partial charge in [-0.1, -0.05) is 5.10 Å². The second-order valence-corrected chi connectivity index (χ2v) is 4.69. The van der Waals surface area contributed by atoms with Gasteiger partial charge in [0.15, 0.2) is 0 Å². The Hall–Kier alpha value is -0.980. The van der Waals surface area contributed by atoms with Crippen molar-refractivity contribution in [3.8, 4) is 0 Å². The van der Waals surface area contributed by atoms with Gasteiger partial charge in [0.1, 0.15) is 0 Å². The Morgan fingerprint density at radius 2 is 2.09 bits per heavy atom. The molecule has 1 aromatic heterocycles. The molecule has 0 aromatic carbocycles. The lowest BCUT2D eigenvalue weighted by Crippen LogP contribution is -2.15. The van der Waals surface area contributed by atoms with Crippen molar-refractivity contribution >= 4 is 9.84 Å². The maximum atomic E-state index is 11.2. The van der Waals surface area contributed by atoms with Crippen LogP contribution in [0.1, 0.15) is 13.8 Å². The number of tetrazole rings is 1. The molecule has 0 saturated heterocycles. The molecule has 1 aromatic rings. The summed E-state index contributed by atoms with van der Waals surface area (Å²) in [5, 5.41) is 11.2. The Kier molecular flexibility index (Phi) is 1.90. The highest BCUT2D eigenvalue weighted by atomic mass is 32.2. The van der Waals surface area contributed by atoms with E-state index in [4.69, 9.17) is 0 Å². The first kappa shape index (κ1) is 8.12. The van der Waals surface area contributed by atoms with Crippen LogP contribution in [0.3, 0.4) is 0 Å². The molecule has 0 spiro atoms. The van der Waals surface area contributed by atoms with Crippen LogP contribution in [0.25, 0.3) is 0 Å². The fraction of sp³-hybridized carbons (Fsp3) is 0.750. The van der Waals surface area contributed by atoms with Crippen LogP contribution in [0, 0.1) is 0 Å². The van der Waals surface area contributed by atoms with Gasteiger partial charge in [-0.2, -0.15) is 5.21 Å². The van der Waals surface area contributed by atoms with E-state index < -0.39 is 15.1 Å². The van der Waals surface area contributed by atoms with Crippen molar-refractivity contribution in [3.05, 3.63) is 0 Å². The van der Waals surface area contributed by atoms with E-state index in [1.54, 1.807) is 13.8 Å². The van der Waals surface area contributed by atoms with E-state index in [0.29, 0.717) is 0 Å². The normalized spacial score (nSPS) is 12.3. The largest absolute Gasteiger partial charge is 0.288 e. The van der Waals surface area contributed by atoms with Crippen LogP contribution in [0.5, 0.6) is 0 Å². The van der Waals surface area contributed by atoms with Gasteiger partial charge >= 0.3 is 0 Å². The molecule has 1 N–H and O–H groups in total. The Morgan fingerprint density at radius 3 is 2.45 bits per heavy atom. The first-order valence-corrected chi connectivity index (χ1v) is 4.57. The average Bonchev–Trinajstić information content (AvgIpc) is 2.37. The summed E-state index contributed by atoms with van der Waals surface area (Å²) in [7, 11) is -3.35. The van der Waals surface area contributed by atoms with Crippen LogP contribution in [0.2, 0.25) is 0 Å². The molecular formula is C4H8N4O2S. The predicted octanol–water partition coefficient (Wildman–Crippen LogP) is -0.618. The summed E-state index contributed by atoms with van der Waals surface area (Å²) in [4.78, 5) is 0. The highest BCUT2D eigenvalue weighted by Gasteiger charge is 2.23. The van der Waals surface area contributed by atoms with Crippen molar-refractivity contribution in [1.29, 1.82) is 0 Å². The molecule has 0 saturated carbocycles. The van der Waals surface area contributed by atoms with Gasteiger partial charge in [0.25, 0.3) is 5.16 Å². The summed E-state index contributed by atoms with van der Waals surface area (Å²) < 4.78 is 22.4. The summed E-state index contributed by atoms with van der Waals surface area (Å²) in [6, 6.07) is 0. The first-order valence-electron chi connectivity index (χ1n) is 3.02. The molecule has 11 heavy (non-hydrogen) atoms. The maximum absolute atomic E-state index is 11.2. The number of H-pyrrole nitrogens is 1. The Labute approximate surface area is 63.9 Å². The van der Waals surface area contributed by atoms with Crippen molar-refractivity contribution in [1.82, 2.24) is 20.6 Å². The zero-order chi connectivity index (χ0) is 8.48. The van der Waals surface area contributed by atoms with Crippen LogP contribution in [-0.2, 0) is 9.84 Å². The minimum Gasteiger partial charge on any atom is -0.220 e. The van der Waals surface area contributed by atoms with Crippen LogP contribution in [0.15, 0.2) is 5.16 Å². The van der Waals surface area contributed by atoms with Crippen molar-refractivity contribution in [2.45, 2.75) is 24.3 Å². The Balaban J connectivity index is 3.12. The van der Waals surface area contributed by atoms with Crippen LogP contribution >= 0.6 is 0 Å². The van der Waals surface area contributed by atoms with E-state index in [1.807, 2.05) is 0 Å². The van der Waals surface area contributed by atoms with Crippen LogP contribution in [-0.4, -0.2) is 34.3 Å². The van der Waals surface area contributed by atoms with Gasteiger partial charge in [0, 0.05) is 0 Å². The number of sulfone groups is 1. The van der Waals surface area contributed by atoms with Gasteiger partial charge in [-0.3, -0.25) is 0 Å². The lowest BCUT2D eigenvalue weighted by molar-refractivity contribution is 0.578. The number of hydrogen-bond acceptors (Lipinski definition) is 5. The van der Waals surface area contributed by atoms with Crippen LogP contribution < -0.4 is 0 Å². The molecule has 0 aliphatic carbocycles. The number of nitrogens with one attached hydrogen (secondary N) is 1. The molecule has 1 rings (SSSR count). The summed E-state index contributed by atoms with van der Waals surface area (Å²) in [5.41, 5.74) is 0. The standard InChI is InChI=1S/C4H8N4O2S/c1-3(2)11(9,10)4-5-7-8-6-4/h3H,1-2H3,(H,5,6,7,8). The molecule has 0 fully saturated rings. The second kappa shape index (κ2) is 2.57. The molecule has 1 heterocycles. The van der Waals surface area contributed by atoms with Crippen molar-refractivity contribution in [2.24, 2.45) is 0 Å². The van der Waals surface area contributed by atoms with E-state index in [2.05, 4.69) is 20.6 Å². The third-order valence-electron chi connectivity index (χ3n) is 1.20. The van der Waals surface area contributed by atoms with Gasteiger partial charge < -0.3 is 0 Å². The number of aromatic amines is 1. The smallest absolute Gasteiger partial charge is 0.220 e. The van der Waals surface area contributed by atoms with Gasteiger partial charge in [-0.15, -0.1) is 5.10 Å². The Bertz CT molecular complexity index is 314. The fourth-order valence-corrected chi connectivity index (χ4v) is 1.23. The summed E-state index contributed by atoms with van der Waals surface area (Å²) in [6.45, 7) is 3.12. The van der Waals surface area contributed by atoms with E-state index in [1.165, 1.54) is 0 Å². The van der Waals surface area contributed by atoms with Gasteiger partial charge in [-0.05, 0) is 19.1 Å². The minimum absolute atomic E-state index is 0.243. The van der Waals surface area contributed by atoms with Gasteiger partial charge in [0.05, 0.1) is 5.25 Å². The minimum atomic E-state index is -3.35. The highest BCUT2D eigenvalue weighted by Crippen LogP contribution is 2.07. The Morgan fingerprint density at radius 1 is 1.45 bits per heavy atom. The topological polar surface area (TPSA) is 88.6 Å².